The van der Waals surface area contributed by atoms with Gasteiger partial charge >= 0.3 is 0 Å². The van der Waals surface area contributed by atoms with Crippen molar-refractivity contribution in [3.63, 3.8) is 0 Å². The van der Waals surface area contributed by atoms with Crippen LogP contribution in [-0.4, -0.2) is 20.7 Å². The first-order chi connectivity index (χ1) is 11.6. The van der Waals surface area contributed by atoms with Crippen LogP contribution in [0.2, 0.25) is 5.02 Å². The first-order valence-electron chi connectivity index (χ1n) is 6.97. The van der Waals surface area contributed by atoms with E-state index in [1.165, 1.54) is 37.1 Å². The van der Waals surface area contributed by atoms with E-state index in [0.717, 1.165) is 6.07 Å². The van der Waals surface area contributed by atoms with Crippen molar-refractivity contribution >= 4 is 17.4 Å². The molecule has 2 heterocycles. The van der Waals surface area contributed by atoms with E-state index in [9.17, 15) is 9.18 Å². The third kappa shape index (κ3) is 4.11. The molecule has 0 aliphatic rings. The van der Waals surface area contributed by atoms with E-state index in [1.54, 1.807) is 12.1 Å². The maximum absolute atomic E-state index is 13.8. The van der Waals surface area contributed by atoms with Gasteiger partial charge < -0.3 is 4.74 Å². The van der Waals surface area contributed by atoms with Crippen LogP contribution in [0.4, 0.5) is 4.39 Å². The summed E-state index contributed by atoms with van der Waals surface area (Å²) < 4.78 is 19.3. The van der Waals surface area contributed by atoms with Gasteiger partial charge in [-0.05, 0) is 24.3 Å². The molecular formula is C17H11ClFN3O2. The summed E-state index contributed by atoms with van der Waals surface area (Å²) in [6, 6.07) is 7.11. The number of nitrogens with zero attached hydrogens (tertiary/aromatic N) is 3. The highest BCUT2D eigenvalue weighted by Crippen LogP contribution is 2.23. The first kappa shape index (κ1) is 16.0. The fourth-order valence-electron chi connectivity index (χ4n) is 2.03. The Morgan fingerprint density at radius 3 is 2.58 bits per heavy atom. The van der Waals surface area contributed by atoms with Gasteiger partial charge in [0.15, 0.2) is 11.5 Å². The van der Waals surface area contributed by atoms with Gasteiger partial charge in [-0.2, -0.15) is 0 Å². The van der Waals surface area contributed by atoms with Crippen LogP contribution >= 0.6 is 11.6 Å². The molecule has 0 amide bonds. The topological polar surface area (TPSA) is 65.0 Å². The van der Waals surface area contributed by atoms with Crippen molar-refractivity contribution in [1.29, 1.82) is 0 Å². The van der Waals surface area contributed by atoms with Gasteiger partial charge in [0.1, 0.15) is 17.9 Å². The lowest BCUT2D eigenvalue weighted by Gasteiger charge is -2.07. The van der Waals surface area contributed by atoms with E-state index in [2.05, 4.69) is 15.0 Å². The van der Waals surface area contributed by atoms with Crippen molar-refractivity contribution in [2.75, 3.05) is 0 Å². The molecule has 7 heteroatoms. The largest absolute Gasteiger partial charge is 0.454 e. The van der Waals surface area contributed by atoms with Gasteiger partial charge in [0, 0.05) is 23.5 Å². The number of ketones is 1. The van der Waals surface area contributed by atoms with E-state index in [4.69, 9.17) is 16.3 Å². The highest BCUT2D eigenvalue weighted by Gasteiger charge is 2.12. The fraction of sp³-hybridized carbons (Fsp3) is 0.0588. The predicted molar refractivity (Wildman–Crippen MR) is 85.8 cm³/mol. The van der Waals surface area contributed by atoms with Gasteiger partial charge in [0.25, 0.3) is 0 Å². The fourth-order valence-corrected chi connectivity index (χ4v) is 2.15. The number of carbonyl (C=O) groups excluding carboxylic acids is 1. The minimum atomic E-state index is -0.572. The van der Waals surface area contributed by atoms with E-state index < -0.39 is 5.82 Å². The Kier molecular flexibility index (Phi) is 4.77. The lowest BCUT2D eigenvalue weighted by atomic mass is 10.1. The number of aromatic nitrogens is 3. The zero-order valence-corrected chi connectivity index (χ0v) is 13.1. The summed E-state index contributed by atoms with van der Waals surface area (Å²) in [5.74, 6) is -0.312. The second kappa shape index (κ2) is 7.14. The number of hydrogen-bond acceptors (Lipinski definition) is 5. The zero-order valence-electron chi connectivity index (χ0n) is 12.3. The Morgan fingerprint density at radius 2 is 1.88 bits per heavy atom. The minimum Gasteiger partial charge on any atom is -0.454 e. The third-order valence-electron chi connectivity index (χ3n) is 3.10. The van der Waals surface area contributed by atoms with Crippen LogP contribution < -0.4 is 4.74 Å². The van der Waals surface area contributed by atoms with Gasteiger partial charge in [0.05, 0.1) is 23.8 Å². The number of rotatable bonds is 5. The maximum Gasteiger partial charge on any atom is 0.169 e. The lowest BCUT2D eigenvalue weighted by Crippen LogP contribution is -2.06. The summed E-state index contributed by atoms with van der Waals surface area (Å²) in [4.78, 5) is 24.0. The van der Waals surface area contributed by atoms with Crippen LogP contribution in [0.15, 0.2) is 55.2 Å². The Labute approximate surface area is 142 Å². The summed E-state index contributed by atoms with van der Waals surface area (Å²) in [5.41, 5.74) is 0.742. The second-order valence-corrected chi connectivity index (χ2v) is 5.36. The van der Waals surface area contributed by atoms with E-state index >= 15 is 0 Å². The summed E-state index contributed by atoms with van der Waals surface area (Å²) in [5, 5.41) is 0.484. The zero-order chi connectivity index (χ0) is 16.9. The maximum atomic E-state index is 13.8. The Balaban J connectivity index is 1.80. The van der Waals surface area contributed by atoms with Gasteiger partial charge in [-0.1, -0.05) is 11.6 Å². The number of halogens is 2. The van der Waals surface area contributed by atoms with Gasteiger partial charge in [-0.3, -0.25) is 9.78 Å². The molecule has 0 spiro atoms. The monoisotopic (exact) mass is 343 g/mol. The van der Waals surface area contributed by atoms with Crippen molar-refractivity contribution < 1.29 is 13.9 Å². The lowest BCUT2D eigenvalue weighted by molar-refractivity contribution is 0.0991. The van der Waals surface area contributed by atoms with Crippen LogP contribution in [0.25, 0.3) is 0 Å². The summed E-state index contributed by atoms with van der Waals surface area (Å²) in [7, 11) is 0. The molecule has 24 heavy (non-hydrogen) atoms. The van der Waals surface area contributed by atoms with Crippen LogP contribution in [0.3, 0.4) is 0 Å². The Hall–Kier alpha value is -2.86. The van der Waals surface area contributed by atoms with E-state index in [1.807, 2.05) is 0 Å². The molecule has 0 saturated heterocycles. The SMILES string of the molecule is O=C(Cc1ccc(Cl)cn1)c1cc(F)cc(Oc2cncnc2)c1. The molecule has 0 aliphatic heterocycles. The molecule has 0 fully saturated rings. The Morgan fingerprint density at radius 1 is 1.08 bits per heavy atom. The van der Waals surface area contributed by atoms with Crippen LogP contribution in [0.1, 0.15) is 16.1 Å². The van der Waals surface area contributed by atoms with Gasteiger partial charge in [-0.15, -0.1) is 0 Å². The number of hydrogen-bond donors (Lipinski definition) is 0. The average Bonchev–Trinajstić information content (AvgIpc) is 2.57. The van der Waals surface area contributed by atoms with Crippen LogP contribution in [0, 0.1) is 5.82 Å². The Bertz CT molecular complexity index is 857. The normalized spacial score (nSPS) is 10.4. The molecule has 1 aromatic carbocycles. The van der Waals surface area contributed by atoms with Crippen molar-refractivity contribution in [2.45, 2.75) is 6.42 Å². The van der Waals surface area contributed by atoms with Gasteiger partial charge in [0.2, 0.25) is 0 Å². The molecule has 3 aromatic rings. The number of pyridine rings is 1. The molecule has 5 nitrogen and oxygen atoms in total. The molecule has 0 unspecified atom stereocenters. The van der Waals surface area contributed by atoms with Crippen molar-refractivity contribution in [3.05, 3.63) is 77.3 Å². The molecule has 0 atom stereocenters. The number of benzene rings is 1. The molecule has 0 bridgehead atoms. The predicted octanol–water partition coefficient (Wildman–Crippen LogP) is 3.88. The van der Waals surface area contributed by atoms with Crippen molar-refractivity contribution in [1.82, 2.24) is 15.0 Å². The number of carbonyl (C=O) groups is 1. The van der Waals surface area contributed by atoms with E-state index in [0.29, 0.717) is 16.5 Å². The molecule has 0 aliphatic carbocycles. The van der Waals surface area contributed by atoms with Crippen LogP contribution in [-0.2, 0) is 6.42 Å². The average molecular weight is 344 g/mol. The second-order valence-electron chi connectivity index (χ2n) is 4.92. The standard InChI is InChI=1S/C17H11ClFN3O2/c18-12-1-2-14(22-7-12)6-17(23)11-3-13(19)5-15(4-11)24-16-8-20-10-21-9-16/h1-5,7-10H,6H2. The molecule has 0 saturated carbocycles. The third-order valence-corrected chi connectivity index (χ3v) is 3.32. The smallest absolute Gasteiger partial charge is 0.169 e. The highest BCUT2D eigenvalue weighted by atomic mass is 35.5. The number of ether oxygens (including phenoxy) is 1. The molecule has 120 valence electrons. The van der Waals surface area contributed by atoms with Crippen LogP contribution in [0.5, 0.6) is 11.5 Å². The van der Waals surface area contributed by atoms with Crippen molar-refractivity contribution in [2.24, 2.45) is 0 Å². The molecule has 0 N–H and O–H groups in total. The quantitative estimate of drug-likeness (QED) is 0.658. The minimum absolute atomic E-state index is 0.0362. The summed E-state index contributed by atoms with van der Waals surface area (Å²) >= 11 is 5.76. The van der Waals surface area contributed by atoms with Crippen molar-refractivity contribution in [3.8, 4) is 11.5 Å². The summed E-state index contributed by atoms with van der Waals surface area (Å²) in [6.07, 6.45) is 5.73. The van der Waals surface area contributed by atoms with E-state index in [-0.39, 0.29) is 23.5 Å². The molecule has 0 radical (unpaired) electrons. The highest BCUT2D eigenvalue weighted by molar-refractivity contribution is 6.30. The first-order valence-corrected chi connectivity index (χ1v) is 7.35. The van der Waals surface area contributed by atoms with Gasteiger partial charge in [-0.25, -0.2) is 14.4 Å². The molecule has 3 rings (SSSR count). The number of Topliss-reactive ketones (excluding diaryl/α,β-unsaturated/α-hetero) is 1. The summed E-state index contributed by atoms with van der Waals surface area (Å²) in [6.45, 7) is 0. The molecule has 2 aromatic heterocycles. The molecular weight excluding hydrogens is 333 g/mol.